The van der Waals surface area contributed by atoms with E-state index in [9.17, 15) is 0 Å². The number of hydrogen-bond acceptors (Lipinski definition) is 7. The second-order valence-corrected chi connectivity index (χ2v) is 6.42. The van der Waals surface area contributed by atoms with Crippen LogP contribution in [0.1, 0.15) is 13.8 Å². The maximum absolute atomic E-state index is 5.78. The summed E-state index contributed by atoms with van der Waals surface area (Å²) in [4.78, 5) is 15.4. The van der Waals surface area contributed by atoms with Gasteiger partial charge in [-0.05, 0) is 26.0 Å². The number of ether oxygens (including phenoxy) is 1. The monoisotopic (exact) mass is 339 g/mol. The first-order chi connectivity index (χ1) is 12.1. The molecular formula is C17H21N7O. The number of fused-ring (bicyclic) bond motifs is 1. The molecule has 0 amide bonds. The van der Waals surface area contributed by atoms with E-state index in [1.165, 1.54) is 6.33 Å². The Hall–Kier alpha value is -2.74. The number of hydrogen-bond donors (Lipinski definition) is 1. The average molecular weight is 339 g/mol. The molecule has 1 fully saturated rings. The molecule has 1 aliphatic heterocycles. The molecule has 0 spiro atoms. The summed E-state index contributed by atoms with van der Waals surface area (Å²) < 4.78 is 7.51. The minimum atomic E-state index is 0.211. The first-order valence-corrected chi connectivity index (χ1v) is 8.36. The van der Waals surface area contributed by atoms with Gasteiger partial charge < -0.3 is 15.0 Å². The smallest absolute Gasteiger partial charge is 0.163 e. The molecule has 8 heteroatoms. The Labute approximate surface area is 145 Å². The van der Waals surface area contributed by atoms with Gasteiger partial charge >= 0.3 is 0 Å². The molecule has 0 saturated carbocycles. The van der Waals surface area contributed by atoms with Crippen molar-refractivity contribution in [3.8, 4) is 0 Å². The molecule has 2 atom stereocenters. The summed E-state index contributed by atoms with van der Waals surface area (Å²) >= 11 is 0. The van der Waals surface area contributed by atoms with Gasteiger partial charge in [0.25, 0.3) is 0 Å². The van der Waals surface area contributed by atoms with Gasteiger partial charge in [-0.1, -0.05) is 0 Å². The molecule has 130 valence electrons. The van der Waals surface area contributed by atoms with Crippen molar-refractivity contribution in [2.45, 2.75) is 26.1 Å². The quantitative estimate of drug-likeness (QED) is 0.783. The summed E-state index contributed by atoms with van der Waals surface area (Å²) in [6.45, 7) is 5.89. The van der Waals surface area contributed by atoms with Gasteiger partial charge in [0.15, 0.2) is 5.65 Å². The lowest BCUT2D eigenvalue weighted by atomic mass is 10.2. The summed E-state index contributed by atoms with van der Waals surface area (Å²) in [6, 6.07) is 4.03. The number of anilines is 3. The predicted octanol–water partition coefficient (Wildman–Crippen LogP) is 2.12. The molecule has 1 aliphatic rings. The maximum Gasteiger partial charge on any atom is 0.163 e. The van der Waals surface area contributed by atoms with Crippen molar-refractivity contribution < 1.29 is 4.74 Å². The van der Waals surface area contributed by atoms with Crippen molar-refractivity contribution in [3.05, 3.63) is 30.9 Å². The van der Waals surface area contributed by atoms with Gasteiger partial charge in [0, 0.05) is 20.1 Å². The molecule has 3 aromatic rings. The van der Waals surface area contributed by atoms with E-state index >= 15 is 0 Å². The Morgan fingerprint density at radius 2 is 1.88 bits per heavy atom. The lowest BCUT2D eigenvalue weighted by Crippen LogP contribution is -2.45. The van der Waals surface area contributed by atoms with Crippen LogP contribution in [-0.2, 0) is 11.8 Å². The third-order valence-corrected chi connectivity index (χ3v) is 4.28. The Balaban J connectivity index is 1.54. The molecule has 0 radical (unpaired) electrons. The van der Waals surface area contributed by atoms with Crippen LogP contribution in [0.4, 0.5) is 17.3 Å². The predicted molar refractivity (Wildman–Crippen MR) is 96.0 cm³/mol. The second kappa shape index (κ2) is 6.29. The van der Waals surface area contributed by atoms with Crippen LogP contribution < -0.4 is 10.2 Å². The van der Waals surface area contributed by atoms with Crippen LogP contribution >= 0.6 is 0 Å². The molecule has 8 nitrogen and oxygen atoms in total. The summed E-state index contributed by atoms with van der Waals surface area (Å²) in [5, 5.41) is 8.40. The minimum absolute atomic E-state index is 0.211. The highest BCUT2D eigenvalue weighted by Gasteiger charge is 2.23. The van der Waals surface area contributed by atoms with E-state index in [4.69, 9.17) is 4.74 Å². The van der Waals surface area contributed by atoms with Crippen LogP contribution in [0.25, 0.3) is 11.0 Å². The molecule has 1 N–H and O–H groups in total. The lowest BCUT2D eigenvalue weighted by Gasteiger charge is -2.36. The van der Waals surface area contributed by atoms with Gasteiger partial charge in [-0.3, -0.25) is 4.68 Å². The summed E-state index contributed by atoms with van der Waals surface area (Å²) in [5.41, 5.74) is 1.67. The Bertz CT molecular complexity index is 866. The van der Waals surface area contributed by atoms with Gasteiger partial charge in [0.05, 0.1) is 35.7 Å². The van der Waals surface area contributed by atoms with Crippen LogP contribution in [0.5, 0.6) is 0 Å². The highest BCUT2D eigenvalue weighted by molar-refractivity contribution is 5.88. The Morgan fingerprint density at radius 3 is 2.60 bits per heavy atom. The van der Waals surface area contributed by atoms with Gasteiger partial charge in [0.1, 0.15) is 18.0 Å². The van der Waals surface area contributed by atoms with E-state index in [-0.39, 0.29) is 12.2 Å². The van der Waals surface area contributed by atoms with Gasteiger partial charge in [0.2, 0.25) is 0 Å². The van der Waals surface area contributed by atoms with Crippen molar-refractivity contribution >= 4 is 28.4 Å². The van der Waals surface area contributed by atoms with Crippen LogP contribution in [0, 0.1) is 0 Å². The fraction of sp³-hybridized carbons (Fsp3) is 0.412. The SMILES string of the molecule is C[C@@H]1CN(c2ccc(Nc3ncnc4c3cnn4C)cn2)C[C@H](C)O1. The van der Waals surface area contributed by atoms with E-state index in [0.717, 1.165) is 41.4 Å². The number of pyridine rings is 1. The van der Waals surface area contributed by atoms with E-state index < -0.39 is 0 Å². The van der Waals surface area contributed by atoms with E-state index in [2.05, 4.69) is 44.1 Å². The van der Waals surface area contributed by atoms with Gasteiger partial charge in [-0.15, -0.1) is 0 Å². The van der Waals surface area contributed by atoms with Crippen LogP contribution in [0.3, 0.4) is 0 Å². The topological polar surface area (TPSA) is 81.0 Å². The molecule has 3 aromatic heterocycles. The van der Waals surface area contributed by atoms with Gasteiger partial charge in [-0.2, -0.15) is 5.10 Å². The molecule has 0 aromatic carbocycles. The highest BCUT2D eigenvalue weighted by Crippen LogP contribution is 2.24. The van der Waals surface area contributed by atoms with Crippen molar-refractivity contribution in [2.24, 2.45) is 7.05 Å². The van der Waals surface area contributed by atoms with Crippen molar-refractivity contribution in [3.63, 3.8) is 0 Å². The molecule has 4 rings (SSSR count). The summed E-state index contributed by atoms with van der Waals surface area (Å²) in [7, 11) is 1.86. The number of aromatic nitrogens is 5. The average Bonchev–Trinajstić information content (AvgIpc) is 2.97. The first-order valence-electron chi connectivity index (χ1n) is 8.36. The van der Waals surface area contributed by atoms with Crippen LogP contribution in [0.15, 0.2) is 30.9 Å². The fourth-order valence-corrected chi connectivity index (χ4v) is 3.21. The zero-order valence-electron chi connectivity index (χ0n) is 14.5. The highest BCUT2D eigenvalue weighted by atomic mass is 16.5. The van der Waals surface area contributed by atoms with Crippen LogP contribution in [-0.4, -0.2) is 50.0 Å². The third-order valence-electron chi connectivity index (χ3n) is 4.28. The molecule has 0 unspecified atom stereocenters. The van der Waals surface area contributed by atoms with Crippen molar-refractivity contribution in [2.75, 3.05) is 23.3 Å². The molecular weight excluding hydrogens is 318 g/mol. The third kappa shape index (κ3) is 3.12. The molecule has 25 heavy (non-hydrogen) atoms. The molecule has 1 saturated heterocycles. The fourth-order valence-electron chi connectivity index (χ4n) is 3.21. The standard InChI is InChI=1S/C17H21N7O/c1-11-8-24(9-12(2)25-11)15-5-4-13(6-18-15)22-16-14-7-21-23(3)17(14)20-10-19-16/h4-7,10-12H,8-9H2,1-3H3,(H,19,20,22)/t11-,12+. The molecule has 0 aliphatic carbocycles. The van der Waals surface area contributed by atoms with Crippen LogP contribution in [0.2, 0.25) is 0 Å². The number of nitrogens with one attached hydrogen (secondary N) is 1. The zero-order chi connectivity index (χ0) is 17.4. The summed E-state index contributed by atoms with van der Waals surface area (Å²) in [6.07, 6.45) is 5.54. The largest absolute Gasteiger partial charge is 0.372 e. The Morgan fingerprint density at radius 1 is 1.08 bits per heavy atom. The van der Waals surface area contributed by atoms with Crippen molar-refractivity contribution in [1.29, 1.82) is 0 Å². The van der Waals surface area contributed by atoms with Crippen molar-refractivity contribution in [1.82, 2.24) is 24.7 Å². The summed E-state index contributed by atoms with van der Waals surface area (Å²) in [5.74, 6) is 1.68. The first kappa shape index (κ1) is 15.8. The van der Waals surface area contributed by atoms with E-state index in [0.29, 0.717) is 0 Å². The van der Waals surface area contributed by atoms with Gasteiger partial charge in [-0.25, -0.2) is 15.0 Å². The Kier molecular flexibility index (Phi) is 3.96. The number of nitrogens with zero attached hydrogens (tertiary/aromatic N) is 6. The lowest BCUT2D eigenvalue weighted by molar-refractivity contribution is -0.00545. The number of rotatable bonds is 3. The minimum Gasteiger partial charge on any atom is -0.372 e. The second-order valence-electron chi connectivity index (χ2n) is 6.42. The molecule has 4 heterocycles. The number of aryl methyl sites for hydroxylation is 1. The van der Waals surface area contributed by atoms with E-state index in [1.54, 1.807) is 10.9 Å². The zero-order valence-corrected chi connectivity index (χ0v) is 14.5. The molecule has 0 bridgehead atoms. The normalized spacial score (nSPS) is 20.8. The number of morpholine rings is 1. The maximum atomic E-state index is 5.78. The van der Waals surface area contributed by atoms with E-state index in [1.807, 2.05) is 25.4 Å².